The smallest absolute Gasteiger partial charge is 0.295 e. The minimum atomic E-state index is -3.26. The highest BCUT2D eigenvalue weighted by atomic mass is 79.9. The lowest BCUT2D eigenvalue weighted by molar-refractivity contribution is -0.0556. The zero-order valence-electron chi connectivity index (χ0n) is 10.7. The Balaban J connectivity index is 2.13. The van der Waals surface area contributed by atoms with Crippen molar-refractivity contribution in [2.24, 2.45) is 0 Å². The summed E-state index contributed by atoms with van der Waals surface area (Å²) in [5, 5.41) is 8.84. The lowest BCUT2D eigenvalue weighted by atomic mass is 10.0. The van der Waals surface area contributed by atoms with E-state index in [4.69, 9.17) is 5.11 Å². The fourth-order valence-corrected chi connectivity index (χ4v) is 3.30. The number of rotatable bonds is 3. The molecule has 108 valence electrons. The molecule has 0 bridgehead atoms. The molecule has 0 saturated heterocycles. The van der Waals surface area contributed by atoms with E-state index in [0.717, 1.165) is 15.8 Å². The lowest BCUT2D eigenvalue weighted by Gasteiger charge is -2.15. The second-order valence-electron chi connectivity index (χ2n) is 4.63. The van der Waals surface area contributed by atoms with Crippen molar-refractivity contribution in [1.82, 2.24) is 4.98 Å². The Labute approximate surface area is 132 Å². The first-order valence-corrected chi connectivity index (χ1v) is 7.80. The van der Waals surface area contributed by atoms with Gasteiger partial charge in [0.2, 0.25) is 0 Å². The molecule has 1 heterocycles. The highest BCUT2D eigenvalue weighted by molar-refractivity contribution is 9.10. The summed E-state index contributed by atoms with van der Waals surface area (Å²) in [6, 6.07) is 10.2. The minimum absolute atomic E-state index is 0.209. The molecule has 0 aliphatic heterocycles. The van der Waals surface area contributed by atoms with Crippen molar-refractivity contribution in [3.63, 3.8) is 0 Å². The summed E-state index contributed by atoms with van der Waals surface area (Å²) in [5.41, 5.74) is 3.94. The molecule has 1 N–H and O–H groups in total. The number of aliphatic hydroxyl groups is 1. The van der Waals surface area contributed by atoms with Crippen molar-refractivity contribution >= 4 is 37.5 Å². The number of alkyl halides is 2. The van der Waals surface area contributed by atoms with Crippen LogP contribution in [0.1, 0.15) is 5.56 Å². The van der Waals surface area contributed by atoms with Crippen LogP contribution in [0.2, 0.25) is 0 Å². The van der Waals surface area contributed by atoms with E-state index in [-0.39, 0.29) is 5.56 Å². The molecular weight excluding hydrogens is 360 g/mol. The van der Waals surface area contributed by atoms with Gasteiger partial charge in [0, 0.05) is 10.0 Å². The van der Waals surface area contributed by atoms with Crippen LogP contribution in [-0.2, 0) is 5.92 Å². The molecule has 0 unspecified atom stereocenters. The number of aromatic nitrogens is 1. The van der Waals surface area contributed by atoms with E-state index in [1.165, 1.54) is 23.5 Å². The normalized spacial score (nSPS) is 12.0. The molecule has 0 aliphatic carbocycles. The highest BCUT2D eigenvalue weighted by Gasteiger charge is 2.31. The Hall–Kier alpha value is -1.37. The third kappa shape index (κ3) is 2.84. The van der Waals surface area contributed by atoms with Crippen molar-refractivity contribution in [1.29, 1.82) is 0 Å². The number of nitrogens with zero attached hydrogens (tertiary/aromatic N) is 1. The van der Waals surface area contributed by atoms with Gasteiger partial charge in [-0.15, -0.1) is 11.3 Å². The molecule has 1 aromatic heterocycles. The average Bonchev–Trinajstić information content (AvgIpc) is 2.94. The molecule has 0 atom stereocenters. The van der Waals surface area contributed by atoms with Gasteiger partial charge in [0.05, 0.1) is 15.7 Å². The van der Waals surface area contributed by atoms with Crippen LogP contribution in [0, 0.1) is 0 Å². The zero-order valence-corrected chi connectivity index (χ0v) is 13.1. The summed E-state index contributed by atoms with van der Waals surface area (Å²) in [5.74, 6) is -3.26. The number of hydrogen-bond acceptors (Lipinski definition) is 3. The number of aliphatic hydroxyl groups excluding tert-OH is 1. The van der Waals surface area contributed by atoms with E-state index in [0.29, 0.717) is 10.0 Å². The van der Waals surface area contributed by atoms with E-state index in [9.17, 15) is 8.78 Å². The van der Waals surface area contributed by atoms with E-state index in [2.05, 4.69) is 20.9 Å². The van der Waals surface area contributed by atoms with Gasteiger partial charge in [0.1, 0.15) is 6.61 Å². The number of benzene rings is 2. The Morgan fingerprint density at radius 1 is 1.14 bits per heavy atom. The zero-order chi connectivity index (χ0) is 15.0. The number of thiazole rings is 1. The van der Waals surface area contributed by atoms with Gasteiger partial charge >= 0.3 is 0 Å². The largest absolute Gasteiger partial charge is 0.390 e. The van der Waals surface area contributed by atoms with Crippen molar-refractivity contribution in [3.8, 4) is 11.1 Å². The Morgan fingerprint density at radius 3 is 2.71 bits per heavy atom. The summed E-state index contributed by atoms with van der Waals surface area (Å²) in [4.78, 5) is 4.20. The predicted octanol–water partition coefficient (Wildman–Crippen LogP) is 4.81. The van der Waals surface area contributed by atoms with Gasteiger partial charge in [0.15, 0.2) is 0 Å². The van der Waals surface area contributed by atoms with Gasteiger partial charge in [-0.2, -0.15) is 8.78 Å². The topological polar surface area (TPSA) is 33.1 Å². The highest BCUT2D eigenvalue weighted by Crippen LogP contribution is 2.34. The number of hydrogen-bond donors (Lipinski definition) is 1. The molecule has 0 spiro atoms. The first-order valence-electron chi connectivity index (χ1n) is 6.13. The van der Waals surface area contributed by atoms with E-state index in [1.807, 2.05) is 18.2 Å². The maximum absolute atomic E-state index is 13.7. The van der Waals surface area contributed by atoms with Crippen LogP contribution in [0.5, 0.6) is 0 Å². The molecule has 2 aromatic carbocycles. The van der Waals surface area contributed by atoms with Crippen LogP contribution >= 0.6 is 27.3 Å². The fourth-order valence-electron chi connectivity index (χ4n) is 2.09. The van der Waals surface area contributed by atoms with E-state index in [1.54, 1.807) is 11.6 Å². The van der Waals surface area contributed by atoms with E-state index < -0.39 is 12.5 Å². The molecule has 0 radical (unpaired) electrons. The van der Waals surface area contributed by atoms with Gasteiger partial charge < -0.3 is 5.11 Å². The van der Waals surface area contributed by atoms with E-state index >= 15 is 0 Å². The van der Waals surface area contributed by atoms with Crippen molar-refractivity contribution in [2.45, 2.75) is 5.92 Å². The summed E-state index contributed by atoms with van der Waals surface area (Å²) >= 11 is 4.75. The van der Waals surface area contributed by atoms with Gasteiger partial charge in [-0.25, -0.2) is 4.98 Å². The molecule has 6 heteroatoms. The molecule has 21 heavy (non-hydrogen) atoms. The van der Waals surface area contributed by atoms with Crippen LogP contribution in [0.25, 0.3) is 21.3 Å². The molecule has 2 nitrogen and oxygen atoms in total. The van der Waals surface area contributed by atoms with Gasteiger partial charge in [-0.05, 0) is 41.5 Å². The summed E-state index contributed by atoms with van der Waals surface area (Å²) in [6.07, 6.45) is 0. The van der Waals surface area contributed by atoms with Gasteiger partial charge in [0.25, 0.3) is 5.92 Å². The monoisotopic (exact) mass is 369 g/mol. The Kier molecular flexibility index (Phi) is 3.77. The molecule has 0 saturated carbocycles. The Morgan fingerprint density at radius 2 is 1.95 bits per heavy atom. The SMILES string of the molecule is OCC(F)(F)c1cc(Br)cc(-c2ccc3ncsc3c2)c1. The number of halogens is 3. The minimum Gasteiger partial charge on any atom is -0.390 e. The molecule has 0 fully saturated rings. The third-order valence-electron chi connectivity index (χ3n) is 3.18. The van der Waals surface area contributed by atoms with Crippen molar-refractivity contribution in [3.05, 3.63) is 51.9 Å². The summed E-state index contributed by atoms with van der Waals surface area (Å²) in [6.45, 7) is -1.21. The molecule has 3 rings (SSSR count). The maximum Gasteiger partial charge on any atom is 0.295 e. The third-order valence-corrected chi connectivity index (χ3v) is 4.43. The van der Waals surface area contributed by atoms with Crippen LogP contribution in [0.4, 0.5) is 8.78 Å². The maximum atomic E-state index is 13.7. The van der Waals surface area contributed by atoms with Gasteiger partial charge in [-0.1, -0.05) is 22.0 Å². The van der Waals surface area contributed by atoms with Crippen LogP contribution in [0.3, 0.4) is 0 Å². The predicted molar refractivity (Wildman–Crippen MR) is 83.7 cm³/mol. The van der Waals surface area contributed by atoms with Crippen LogP contribution < -0.4 is 0 Å². The Bertz CT molecular complexity index is 803. The first-order chi connectivity index (χ1) is 9.99. The first kappa shape index (κ1) is 14.6. The standard InChI is InChI=1S/C15H10BrF2NOS/c16-12-4-10(3-11(6-12)15(17,18)7-20)9-1-2-13-14(5-9)21-8-19-13/h1-6,8,20H,7H2. The number of fused-ring (bicyclic) bond motifs is 1. The second kappa shape index (κ2) is 5.44. The summed E-state index contributed by atoms with van der Waals surface area (Å²) in [7, 11) is 0. The molecule has 0 aliphatic rings. The lowest BCUT2D eigenvalue weighted by Crippen LogP contribution is -2.18. The van der Waals surface area contributed by atoms with Crippen molar-refractivity contribution < 1.29 is 13.9 Å². The fraction of sp³-hybridized carbons (Fsp3) is 0.133. The average molecular weight is 370 g/mol. The van der Waals surface area contributed by atoms with Crippen molar-refractivity contribution in [2.75, 3.05) is 6.61 Å². The van der Waals surface area contributed by atoms with Crippen LogP contribution in [0.15, 0.2) is 46.4 Å². The van der Waals surface area contributed by atoms with Gasteiger partial charge in [-0.3, -0.25) is 0 Å². The molecule has 0 amide bonds. The molecular formula is C15H10BrF2NOS. The summed E-state index contributed by atoms with van der Waals surface area (Å²) < 4.78 is 28.9. The second-order valence-corrected chi connectivity index (χ2v) is 6.43. The van der Waals surface area contributed by atoms with Crippen LogP contribution in [-0.4, -0.2) is 16.7 Å². The quantitative estimate of drug-likeness (QED) is 0.718. The molecule has 3 aromatic rings.